The van der Waals surface area contributed by atoms with E-state index in [1.54, 1.807) is 0 Å². The molecule has 0 fully saturated rings. The fraction of sp³-hybridized carbons (Fsp3) is 1.00. The third-order valence-corrected chi connectivity index (χ3v) is 1.96. The molecule has 0 saturated heterocycles. The zero-order valence-corrected chi connectivity index (χ0v) is 7.97. The van der Waals surface area contributed by atoms with Crippen LogP contribution in [0, 0.1) is 0 Å². The van der Waals surface area contributed by atoms with Crippen LogP contribution in [0.2, 0.25) is 0 Å². The SMILES string of the molecule is CCCCCCCN(N)CC. The quantitative estimate of drug-likeness (QED) is 0.349. The molecule has 0 aliphatic rings. The van der Waals surface area contributed by atoms with Crippen molar-refractivity contribution in [2.24, 2.45) is 5.84 Å². The van der Waals surface area contributed by atoms with Gasteiger partial charge in [-0.3, -0.25) is 5.84 Å². The fourth-order valence-corrected chi connectivity index (χ4v) is 1.08. The lowest BCUT2D eigenvalue weighted by Crippen LogP contribution is -2.31. The summed E-state index contributed by atoms with van der Waals surface area (Å²) in [7, 11) is 0. The van der Waals surface area contributed by atoms with Crippen LogP contribution in [0.25, 0.3) is 0 Å². The molecule has 0 aromatic rings. The topological polar surface area (TPSA) is 29.3 Å². The van der Waals surface area contributed by atoms with E-state index in [2.05, 4.69) is 13.8 Å². The van der Waals surface area contributed by atoms with Gasteiger partial charge < -0.3 is 0 Å². The normalized spacial score (nSPS) is 10.9. The molecule has 0 aromatic carbocycles. The van der Waals surface area contributed by atoms with Crippen molar-refractivity contribution in [2.45, 2.75) is 46.0 Å². The molecule has 2 nitrogen and oxygen atoms in total. The van der Waals surface area contributed by atoms with Gasteiger partial charge in [0.05, 0.1) is 0 Å². The molecular formula is C9H22N2. The first kappa shape index (κ1) is 10.9. The Morgan fingerprint density at radius 2 is 1.64 bits per heavy atom. The number of nitrogens with zero attached hydrogens (tertiary/aromatic N) is 1. The van der Waals surface area contributed by atoms with E-state index in [1.165, 1.54) is 32.1 Å². The van der Waals surface area contributed by atoms with Crippen molar-refractivity contribution in [2.75, 3.05) is 13.1 Å². The second-order valence-corrected chi connectivity index (χ2v) is 3.04. The molecule has 2 N–H and O–H groups in total. The molecule has 2 heteroatoms. The Morgan fingerprint density at radius 1 is 1.00 bits per heavy atom. The average molecular weight is 158 g/mol. The van der Waals surface area contributed by atoms with Crippen LogP contribution < -0.4 is 5.84 Å². The molecule has 0 rings (SSSR count). The lowest BCUT2D eigenvalue weighted by Gasteiger charge is -2.12. The first-order valence-electron chi connectivity index (χ1n) is 4.80. The van der Waals surface area contributed by atoms with Crippen molar-refractivity contribution in [1.82, 2.24) is 5.01 Å². The maximum Gasteiger partial charge on any atom is 0.0128 e. The Balaban J connectivity index is 2.89. The van der Waals surface area contributed by atoms with E-state index in [0.29, 0.717) is 0 Å². The average Bonchev–Trinajstić information content (AvgIpc) is 2.04. The molecule has 0 amide bonds. The molecule has 0 unspecified atom stereocenters. The minimum atomic E-state index is 0.966. The van der Waals surface area contributed by atoms with Crippen LogP contribution in [0.1, 0.15) is 46.0 Å². The highest BCUT2D eigenvalue weighted by atomic mass is 15.4. The van der Waals surface area contributed by atoms with Crippen LogP contribution >= 0.6 is 0 Å². The highest BCUT2D eigenvalue weighted by Gasteiger charge is 1.93. The summed E-state index contributed by atoms with van der Waals surface area (Å²) < 4.78 is 0. The molecular weight excluding hydrogens is 136 g/mol. The molecule has 0 bridgehead atoms. The third-order valence-electron chi connectivity index (χ3n) is 1.96. The molecule has 0 aliphatic carbocycles. The van der Waals surface area contributed by atoms with Crippen LogP contribution in [0.5, 0.6) is 0 Å². The van der Waals surface area contributed by atoms with E-state index >= 15 is 0 Å². The molecule has 0 aliphatic heterocycles. The van der Waals surface area contributed by atoms with Crippen molar-refractivity contribution in [3.63, 3.8) is 0 Å². The lowest BCUT2D eigenvalue weighted by atomic mass is 10.1. The van der Waals surface area contributed by atoms with E-state index < -0.39 is 0 Å². The van der Waals surface area contributed by atoms with Crippen LogP contribution in [0.15, 0.2) is 0 Å². The summed E-state index contributed by atoms with van der Waals surface area (Å²) in [4.78, 5) is 0. The molecule has 0 heterocycles. The van der Waals surface area contributed by atoms with Crippen LogP contribution in [-0.2, 0) is 0 Å². The van der Waals surface area contributed by atoms with Gasteiger partial charge in [0.15, 0.2) is 0 Å². The first-order valence-corrected chi connectivity index (χ1v) is 4.80. The summed E-state index contributed by atoms with van der Waals surface area (Å²) in [6, 6.07) is 0. The summed E-state index contributed by atoms with van der Waals surface area (Å²) in [6.07, 6.45) is 6.65. The molecule has 0 atom stereocenters. The number of nitrogens with two attached hydrogens (primary N) is 1. The van der Waals surface area contributed by atoms with Gasteiger partial charge in [-0.1, -0.05) is 39.5 Å². The summed E-state index contributed by atoms with van der Waals surface area (Å²) in [5.41, 5.74) is 0. The Labute approximate surface area is 70.7 Å². The Morgan fingerprint density at radius 3 is 2.18 bits per heavy atom. The molecule has 68 valence electrons. The Hall–Kier alpha value is -0.0800. The van der Waals surface area contributed by atoms with Crippen molar-refractivity contribution >= 4 is 0 Å². The molecule has 11 heavy (non-hydrogen) atoms. The number of unbranched alkanes of at least 4 members (excludes halogenated alkanes) is 4. The Bertz CT molecular complexity index is 74.0. The van der Waals surface area contributed by atoms with Gasteiger partial charge in [-0.25, -0.2) is 5.01 Å². The molecule has 0 radical (unpaired) electrons. The van der Waals surface area contributed by atoms with E-state index in [4.69, 9.17) is 5.84 Å². The third kappa shape index (κ3) is 7.82. The largest absolute Gasteiger partial charge is 0.269 e. The minimum Gasteiger partial charge on any atom is -0.269 e. The van der Waals surface area contributed by atoms with Crippen LogP contribution in [0.4, 0.5) is 0 Å². The summed E-state index contributed by atoms with van der Waals surface area (Å²) >= 11 is 0. The van der Waals surface area contributed by atoms with Crippen molar-refractivity contribution in [3.05, 3.63) is 0 Å². The molecule has 0 aromatic heterocycles. The van der Waals surface area contributed by atoms with Gasteiger partial charge >= 0.3 is 0 Å². The maximum atomic E-state index is 5.62. The number of hydrazine groups is 1. The van der Waals surface area contributed by atoms with E-state index in [0.717, 1.165) is 13.1 Å². The van der Waals surface area contributed by atoms with E-state index in [9.17, 15) is 0 Å². The van der Waals surface area contributed by atoms with Crippen molar-refractivity contribution in [3.8, 4) is 0 Å². The second-order valence-electron chi connectivity index (χ2n) is 3.04. The van der Waals surface area contributed by atoms with Gasteiger partial charge in [-0.2, -0.15) is 0 Å². The van der Waals surface area contributed by atoms with Crippen LogP contribution in [0.3, 0.4) is 0 Å². The monoisotopic (exact) mass is 158 g/mol. The summed E-state index contributed by atoms with van der Waals surface area (Å²) in [5.74, 6) is 5.62. The molecule has 0 spiro atoms. The highest BCUT2D eigenvalue weighted by molar-refractivity contribution is 4.47. The zero-order valence-electron chi connectivity index (χ0n) is 7.97. The van der Waals surface area contributed by atoms with Crippen molar-refractivity contribution < 1.29 is 0 Å². The number of rotatable bonds is 7. The maximum absolute atomic E-state index is 5.62. The summed E-state index contributed by atoms with van der Waals surface area (Å²) in [5, 5.41) is 1.88. The fourth-order valence-electron chi connectivity index (χ4n) is 1.08. The standard InChI is InChI=1S/C9H22N2/c1-3-5-6-7-8-9-11(10)4-2/h3-10H2,1-2H3. The Kier molecular flexibility index (Phi) is 7.96. The van der Waals surface area contributed by atoms with Gasteiger partial charge in [-0.05, 0) is 6.42 Å². The smallest absolute Gasteiger partial charge is 0.0128 e. The van der Waals surface area contributed by atoms with Gasteiger partial charge in [0, 0.05) is 13.1 Å². The van der Waals surface area contributed by atoms with E-state index in [-0.39, 0.29) is 0 Å². The lowest BCUT2D eigenvalue weighted by molar-refractivity contribution is 0.290. The first-order chi connectivity index (χ1) is 5.31. The highest BCUT2D eigenvalue weighted by Crippen LogP contribution is 2.02. The predicted octanol–water partition coefficient (Wildman–Crippen LogP) is 2.15. The van der Waals surface area contributed by atoms with E-state index in [1.807, 2.05) is 5.01 Å². The number of hydrogen-bond donors (Lipinski definition) is 1. The predicted molar refractivity (Wildman–Crippen MR) is 50.2 cm³/mol. The van der Waals surface area contributed by atoms with Gasteiger partial charge in [0.2, 0.25) is 0 Å². The molecule has 0 saturated carbocycles. The van der Waals surface area contributed by atoms with Crippen LogP contribution in [-0.4, -0.2) is 18.1 Å². The zero-order chi connectivity index (χ0) is 8.53. The van der Waals surface area contributed by atoms with Gasteiger partial charge in [-0.15, -0.1) is 0 Å². The summed E-state index contributed by atoms with van der Waals surface area (Å²) in [6.45, 7) is 6.35. The number of hydrogen-bond acceptors (Lipinski definition) is 2. The van der Waals surface area contributed by atoms with Gasteiger partial charge in [0.25, 0.3) is 0 Å². The minimum absolute atomic E-state index is 0.966. The second kappa shape index (κ2) is 8.02. The van der Waals surface area contributed by atoms with Crippen molar-refractivity contribution in [1.29, 1.82) is 0 Å². The van der Waals surface area contributed by atoms with Gasteiger partial charge in [0.1, 0.15) is 0 Å².